The van der Waals surface area contributed by atoms with Gasteiger partial charge in [-0.15, -0.1) is 0 Å². The normalized spacial score (nSPS) is 20.2. The Morgan fingerprint density at radius 3 is 2.83 bits per heavy atom. The maximum atomic E-state index is 12.0. The monoisotopic (exact) mass is 247 g/mol. The van der Waals surface area contributed by atoms with Crippen LogP contribution < -0.4 is 0 Å². The molecule has 3 nitrogen and oxygen atoms in total. The van der Waals surface area contributed by atoms with Crippen LogP contribution in [0.3, 0.4) is 0 Å². The molecule has 1 saturated heterocycles. The molecule has 1 aromatic carbocycles. The molecular formula is C15H21NO2. The number of benzene rings is 1. The van der Waals surface area contributed by atoms with Gasteiger partial charge >= 0.3 is 0 Å². The highest BCUT2D eigenvalue weighted by atomic mass is 16.5. The van der Waals surface area contributed by atoms with Crippen molar-refractivity contribution >= 4 is 5.91 Å². The first-order chi connectivity index (χ1) is 8.81. The minimum atomic E-state index is 0.0578. The molecule has 98 valence electrons. The van der Waals surface area contributed by atoms with Gasteiger partial charge in [0.2, 0.25) is 5.91 Å². The van der Waals surface area contributed by atoms with Crippen LogP contribution in [0.5, 0.6) is 0 Å². The molecule has 0 spiro atoms. The van der Waals surface area contributed by atoms with Crippen molar-refractivity contribution in [1.29, 1.82) is 0 Å². The van der Waals surface area contributed by atoms with Crippen molar-refractivity contribution in [3.05, 3.63) is 35.9 Å². The van der Waals surface area contributed by atoms with Crippen LogP contribution in [0.4, 0.5) is 0 Å². The van der Waals surface area contributed by atoms with E-state index in [2.05, 4.69) is 0 Å². The molecule has 1 aliphatic heterocycles. The fourth-order valence-corrected chi connectivity index (χ4v) is 2.38. The minimum Gasteiger partial charge on any atom is -0.376 e. The average Bonchev–Trinajstić information content (AvgIpc) is 2.42. The van der Waals surface area contributed by atoms with Gasteiger partial charge in [-0.2, -0.15) is 0 Å². The minimum absolute atomic E-state index is 0.0578. The zero-order valence-corrected chi connectivity index (χ0v) is 11.0. The van der Waals surface area contributed by atoms with Gasteiger partial charge in [0.05, 0.1) is 19.1 Å². The first-order valence-electron chi connectivity index (χ1n) is 6.71. The molecule has 0 saturated carbocycles. The van der Waals surface area contributed by atoms with Crippen molar-refractivity contribution in [2.45, 2.75) is 26.4 Å². The molecule has 1 heterocycles. The van der Waals surface area contributed by atoms with E-state index < -0.39 is 0 Å². The van der Waals surface area contributed by atoms with Crippen molar-refractivity contribution in [1.82, 2.24) is 4.90 Å². The van der Waals surface area contributed by atoms with Crippen molar-refractivity contribution in [2.24, 2.45) is 5.92 Å². The van der Waals surface area contributed by atoms with Crippen LogP contribution in [-0.2, 0) is 16.1 Å². The third-order valence-corrected chi connectivity index (χ3v) is 3.45. The molecule has 3 heteroatoms. The lowest BCUT2D eigenvalue weighted by Gasteiger charge is -2.31. The standard InChI is InChI=1S/C15H21NO2/c1-2-16-10-6-9-14(15(16)17)12-18-11-13-7-4-3-5-8-13/h3-5,7-8,14H,2,6,9-12H2,1H3/t14-/m1/s1. The topological polar surface area (TPSA) is 29.5 Å². The lowest BCUT2D eigenvalue weighted by molar-refractivity contribution is -0.140. The highest BCUT2D eigenvalue weighted by Gasteiger charge is 2.27. The summed E-state index contributed by atoms with van der Waals surface area (Å²) in [5, 5.41) is 0. The van der Waals surface area contributed by atoms with Crippen LogP contribution >= 0.6 is 0 Å². The van der Waals surface area contributed by atoms with Crippen molar-refractivity contribution in [3.8, 4) is 0 Å². The van der Waals surface area contributed by atoms with E-state index in [1.165, 1.54) is 0 Å². The quantitative estimate of drug-likeness (QED) is 0.800. The molecule has 0 aromatic heterocycles. The number of hydrogen-bond acceptors (Lipinski definition) is 2. The summed E-state index contributed by atoms with van der Waals surface area (Å²) < 4.78 is 5.67. The van der Waals surface area contributed by atoms with Gasteiger partial charge in [0.1, 0.15) is 0 Å². The lowest BCUT2D eigenvalue weighted by Crippen LogP contribution is -2.42. The van der Waals surface area contributed by atoms with Crippen LogP contribution in [0.2, 0.25) is 0 Å². The van der Waals surface area contributed by atoms with E-state index in [0.717, 1.165) is 31.5 Å². The molecule has 1 atom stereocenters. The molecule has 1 fully saturated rings. The van der Waals surface area contributed by atoms with Gasteiger partial charge in [0, 0.05) is 13.1 Å². The van der Waals surface area contributed by atoms with E-state index in [0.29, 0.717) is 13.2 Å². The fraction of sp³-hybridized carbons (Fsp3) is 0.533. The Morgan fingerprint density at radius 1 is 1.33 bits per heavy atom. The van der Waals surface area contributed by atoms with Crippen molar-refractivity contribution in [3.63, 3.8) is 0 Å². The first kappa shape index (κ1) is 13.1. The Bertz CT molecular complexity index is 377. The molecule has 0 bridgehead atoms. The zero-order chi connectivity index (χ0) is 12.8. The third kappa shape index (κ3) is 3.33. The van der Waals surface area contributed by atoms with E-state index in [1.807, 2.05) is 42.2 Å². The average molecular weight is 247 g/mol. The summed E-state index contributed by atoms with van der Waals surface area (Å²) in [4.78, 5) is 14.0. The molecule has 0 radical (unpaired) electrons. The van der Waals surface area contributed by atoms with Crippen LogP contribution in [0.25, 0.3) is 0 Å². The number of carbonyl (C=O) groups is 1. The first-order valence-corrected chi connectivity index (χ1v) is 6.71. The summed E-state index contributed by atoms with van der Waals surface area (Å²) in [7, 11) is 0. The third-order valence-electron chi connectivity index (χ3n) is 3.45. The van der Waals surface area contributed by atoms with E-state index in [-0.39, 0.29) is 11.8 Å². The maximum absolute atomic E-state index is 12.0. The second-order valence-corrected chi connectivity index (χ2v) is 4.76. The largest absolute Gasteiger partial charge is 0.376 e. The van der Waals surface area contributed by atoms with Gasteiger partial charge in [-0.25, -0.2) is 0 Å². The smallest absolute Gasteiger partial charge is 0.227 e. The van der Waals surface area contributed by atoms with Crippen LogP contribution in [0, 0.1) is 5.92 Å². The van der Waals surface area contributed by atoms with Gasteiger partial charge in [-0.3, -0.25) is 4.79 Å². The van der Waals surface area contributed by atoms with Crippen LogP contribution in [0.15, 0.2) is 30.3 Å². The summed E-state index contributed by atoms with van der Waals surface area (Å²) >= 11 is 0. The molecule has 1 aliphatic rings. The number of carbonyl (C=O) groups excluding carboxylic acids is 1. The Hall–Kier alpha value is -1.35. The van der Waals surface area contributed by atoms with Gasteiger partial charge in [0.15, 0.2) is 0 Å². The number of rotatable bonds is 5. The van der Waals surface area contributed by atoms with Gasteiger partial charge in [0.25, 0.3) is 0 Å². The van der Waals surface area contributed by atoms with Gasteiger partial charge in [-0.1, -0.05) is 30.3 Å². The summed E-state index contributed by atoms with van der Waals surface area (Å²) in [5.41, 5.74) is 1.16. The second-order valence-electron chi connectivity index (χ2n) is 4.76. The summed E-state index contributed by atoms with van der Waals surface area (Å²) in [5.74, 6) is 0.319. The summed E-state index contributed by atoms with van der Waals surface area (Å²) in [6, 6.07) is 10.1. The Labute approximate surface area is 109 Å². The summed E-state index contributed by atoms with van der Waals surface area (Å²) in [6.07, 6.45) is 2.06. The Morgan fingerprint density at radius 2 is 2.11 bits per heavy atom. The van der Waals surface area contributed by atoms with Gasteiger partial charge in [-0.05, 0) is 25.3 Å². The Kier molecular flexibility index (Phi) is 4.76. The summed E-state index contributed by atoms with van der Waals surface area (Å²) in [6.45, 7) is 4.89. The number of hydrogen-bond donors (Lipinski definition) is 0. The molecular weight excluding hydrogens is 226 g/mol. The van der Waals surface area contributed by atoms with Crippen LogP contribution in [0.1, 0.15) is 25.3 Å². The van der Waals surface area contributed by atoms with Crippen molar-refractivity contribution in [2.75, 3.05) is 19.7 Å². The number of amides is 1. The van der Waals surface area contributed by atoms with E-state index >= 15 is 0 Å². The SMILES string of the molecule is CCN1CCC[C@H](COCc2ccccc2)C1=O. The highest BCUT2D eigenvalue weighted by molar-refractivity contribution is 5.79. The van der Waals surface area contributed by atoms with Crippen LogP contribution in [-0.4, -0.2) is 30.5 Å². The van der Waals surface area contributed by atoms with Gasteiger partial charge < -0.3 is 9.64 Å². The number of piperidine rings is 1. The van der Waals surface area contributed by atoms with E-state index in [4.69, 9.17) is 4.74 Å². The molecule has 1 aromatic rings. The molecule has 18 heavy (non-hydrogen) atoms. The predicted molar refractivity (Wildman–Crippen MR) is 71.1 cm³/mol. The van der Waals surface area contributed by atoms with E-state index in [1.54, 1.807) is 0 Å². The van der Waals surface area contributed by atoms with Crippen molar-refractivity contribution < 1.29 is 9.53 Å². The molecule has 0 aliphatic carbocycles. The molecule has 0 unspecified atom stereocenters. The molecule has 1 amide bonds. The van der Waals surface area contributed by atoms with E-state index in [9.17, 15) is 4.79 Å². The molecule has 2 rings (SSSR count). The molecule has 0 N–H and O–H groups in total. The highest BCUT2D eigenvalue weighted by Crippen LogP contribution is 2.18. The Balaban J connectivity index is 1.78. The second kappa shape index (κ2) is 6.55. The predicted octanol–water partition coefficient (Wildman–Crippen LogP) is 2.46. The lowest BCUT2D eigenvalue weighted by atomic mass is 9.98. The zero-order valence-electron chi connectivity index (χ0n) is 11.0. The maximum Gasteiger partial charge on any atom is 0.227 e. The fourth-order valence-electron chi connectivity index (χ4n) is 2.38. The number of nitrogens with zero attached hydrogens (tertiary/aromatic N) is 1. The number of ether oxygens (including phenoxy) is 1. The number of likely N-dealkylation sites (tertiary alicyclic amines) is 1.